The molecule has 0 amide bonds. The van der Waals surface area contributed by atoms with Crippen LogP contribution in [0.15, 0.2) is 72.8 Å². The summed E-state index contributed by atoms with van der Waals surface area (Å²) in [6.07, 6.45) is 12.9. The van der Waals surface area contributed by atoms with Gasteiger partial charge in [0, 0.05) is 43.3 Å². The first-order chi connectivity index (χ1) is 34.1. The first-order valence-corrected chi connectivity index (χ1v) is 29.8. The molecule has 8 aliphatic rings. The first-order valence-electron chi connectivity index (χ1n) is 29.0. The van der Waals surface area contributed by atoms with Crippen molar-refractivity contribution in [2.45, 2.75) is 218 Å². The minimum atomic E-state index is 0.0596. The van der Waals surface area contributed by atoms with Gasteiger partial charge in [-0.1, -0.05) is 128 Å². The van der Waals surface area contributed by atoms with E-state index >= 15 is 0 Å². The topological polar surface area (TPSA) is 6.48 Å². The third-order valence-corrected chi connectivity index (χ3v) is 23.6. The number of hydrogen-bond acceptors (Lipinski definition) is 3. The van der Waals surface area contributed by atoms with Crippen molar-refractivity contribution in [1.29, 1.82) is 0 Å². The highest BCUT2D eigenvalue weighted by Crippen LogP contribution is 2.72. The zero-order chi connectivity index (χ0) is 51.3. The van der Waals surface area contributed by atoms with Crippen molar-refractivity contribution in [1.82, 2.24) is 0 Å². The predicted molar refractivity (Wildman–Crippen MR) is 316 cm³/mol. The van der Waals surface area contributed by atoms with Gasteiger partial charge in [0.15, 0.2) is 0 Å². The Morgan fingerprint density at radius 2 is 1.10 bits per heavy atom. The molecule has 0 N–H and O–H groups in total. The largest absolute Gasteiger partial charge is 0.311 e. The highest BCUT2D eigenvalue weighted by atomic mass is 32.1. The van der Waals surface area contributed by atoms with Crippen LogP contribution in [-0.4, -0.2) is 6.71 Å². The van der Waals surface area contributed by atoms with E-state index in [1.807, 2.05) is 0 Å². The Morgan fingerprint density at radius 3 is 1.67 bits per heavy atom. The van der Waals surface area contributed by atoms with Crippen LogP contribution in [0.4, 0.5) is 34.1 Å². The molecular weight excluding hydrogens is 900 g/mol. The molecule has 2 aliphatic heterocycles. The molecule has 0 spiro atoms. The molecule has 4 unspecified atom stereocenters. The maximum absolute atomic E-state index is 2.88. The van der Waals surface area contributed by atoms with Gasteiger partial charge in [0.05, 0.1) is 5.69 Å². The second-order valence-electron chi connectivity index (χ2n) is 30.8. The summed E-state index contributed by atoms with van der Waals surface area (Å²) < 4.78 is 2.99. The van der Waals surface area contributed by atoms with E-state index in [0.29, 0.717) is 0 Å². The summed E-state index contributed by atoms with van der Waals surface area (Å²) in [5.74, 6) is 2.58. The number of nitrogens with zero attached hydrogens (tertiary/aromatic N) is 2. The summed E-state index contributed by atoms with van der Waals surface area (Å²) in [4.78, 5) is 5.70. The third-order valence-electron chi connectivity index (χ3n) is 22.4. The van der Waals surface area contributed by atoms with Crippen LogP contribution in [0.5, 0.6) is 0 Å². The first kappa shape index (κ1) is 47.2. The molecule has 6 aliphatic carbocycles. The molecule has 2 bridgehead atoms. The summed E-state index contributed by atoms with van der Waals surface area (Å²) in [6.45, 7) is 39.9. The summed E-state index contributed by atoms with van der Waals surface area (Å²) >= 11 is 2.13. The van der Waals surface area contributed by atoms with Gasteiger partial charge in [-0.25, -0.2) is 0 Å². The lowest BCUT2D eigenvalue weighted by Crippen LogP contribution is -2.61. The minimum Gasteiger partial charge on any atom is -0.311 e. The Morgan fingerprint density at radius 1 is 0.534 bits per heavy atom. The molecule has 0 saturated heterocycles. The van der Waals surface area contributed by atoms with Gasteiger partial charge in [0.2, 0.25) is 0 Å². The van der Waals surface area contributed by atoms with Crippen LogP contribution in [0.1, 0.15) is 218 Å². The van der Waals surface area contributed by atoms with Crippen molar-refractivity contribution >= 4 is 78.0 Å². The summed E-state index contributed by atoms with van der Waals surface area (Å²) in [5, 5.41) is 1.46. The molecule has 14 rings (SSSR count). The Balaban J connectivity index is 1.14. The smallest absolute Gasteiger partial charge is 0.264 e. The molecule has 3 fully saturated rings. The van der Waals surface area contributed by atoms with Crippen LogP contribution in [0.25, 0.3) is 10.1 Å². The Labute approximate surface area is 444 Å². The maximum atomic E-state index is 2.88. The van der Waals surface area contributed by atoms with Crippen molar-refractivity contribution in [3.8, 4) is 0 Å². The van der Waals surface area contributed by atoms with E-state index in [4.69, 9.17) is 0 Å². The van der Waals surface area contributed by atoms with Gasteiger partial charge in [-0.05, 0) is 242 Å². The molecule has 5 aromatic carbocycles. The zero-order valence-electron chi connectivity index (χ0n) is 47.6. The van der Waals surface area contributed by atoms with Crippen molar-refractivity contribution in [2.75, 3.05) is 9.80 Å². The third kappa shape index (κ3) is 6.35. The average Bonchev–Trinajstić information content (AvgIpc) is 3.98. The van der Waals surface area contributed by atoms with Gasteiger partial charge in [-0.2, -0.15) is 0 Å². The molecule has 3 saturated carbocycles. The number of benzene rings is 5. The second-order valence-corrected chi connectivity index (χ2v) is 31.8. The van der Waals surface area contributed by atoms with E-state index < -0.39 is 0 Å². The van der Waals surface area contributed by atoms with Crippen molar-refractivity contribution in [3.05, 3.63) is 123 Å². The Kier molecular flexibility index (Phi) is 9.31. The number of aryl methyl sites for hydroxylation is 1. The average molecular weight is 983 g/mol. The molecule has 73 heavy (non-hydrogen) atoms. The van der Waals surface area contributed by atoms with Gasteiger partial charge < -0.3 is 9.80 Å². The number of fused-ring (bicyclic) bond motifs is 10. The SMILES string of the molecule is Cc1cc(C(C)(C)C)ccc1N1c2cc3c(cc2B2c4sc5cc6c(cc5c4N(c4ccc5c(c4)C(C)(C)CCC5(C)C)c4cc(C57CC8CC(C5)C7C8)cc1c42)C(C)(C)CCC6(C)C)C(C)(C)CCC3(C)C. The second kappa shape index (κ2) is 14.4. The molecule has 4 heteroatoms. The van der Waals surface area contributed by atoms with Crippen LogP contribution in [0, 0.1) is 24.7 Å². The monoisotopic (exact) mass is 983 g/mol. The number of anilines is 6. The van der Waals surface area contributed by atoms with Crippen LogP contribution in [0.3, 0.4) is 0 Å². The quantitative estimate of drug-likeness (QED) is 0.163. The number of thiophene rings is 1. The van der Waals surface area contributed by atoms with Crippen molar-refractivity contribution < 1.29 is 0 Å². The van der Waals surface area contributed by atoms with E-state index in [9.17, 15) is 0 Å². The van der Waals surface area contributed by atoms with Gasteiger partial charge in [0.25, 0.3) is 6.71 Å². The standard InChI is InChI=1S/C69H83BN2S/c1-39-27-42(62(2,3)4)17-20-54(39)72-55-35-51-50(66(11,12)24-25-67(51,13)14)34-53(55)70-59-56(30-43(31-57(59)72)69-37-40-28-41(38-69)47(69)29-40)71(44-18-19-46-48(32-44)64(7,8)22-21-63(46,5)6)60-45-33-49-52(36-58(45)73-61(60)70)68(15,16)26-23-65(49,9)10/h17-20,27,30-36,40-41,47H,21-26,28-29,37-38H2,1-16H3. The molecule has 2 nitrogen and oxygen atoms in total. The minimum absolute atomic E-state index is 0.0596. The highest BCUT2D eigenvalue weighted by Gasteiger charge is 2.65. The molecule has 0 radical (unpaired) electrons. The fraction of sp³-hybridized carbons (Fsp3) is 0.536. The van der Waals surface area contributed by atoms with Crippen molar-refractivity contribution in [2.24, 2.45) is 17.8 Å². The Bertz CT molecular complexity index is 3420. The number of hydrogen-bond donors (Lipinski definition) is 0. The summed E-state index contributed by atoms with van der Waals surface area (Å²) in [6, 6.07) is 31.9. The summed E-state index contributed by atoms with van der Waals surface area (Å²) in [7, 11) is 0. The fourth-order valence-electron chi connectivity index (χ4n) is 17.5. The molecular formula is C69H83BN2S. The summed E-state index contributed by atoms with van der Waals surface area (Å²) in [5.41, 5.74) is 26.1. The van der Waals surface area contributed by atoms with Crippen molar-refractivity contribution in [3.63, 3.8) is 0 Å². The van der Waals surface area contributed by atoms with Crippen LogP contribution in [0.2, 0.25) is 0 Å². The molecule has 6 aromatic rings. The highest BCUT2D eigenvalue weighted by molar-refractivity contribution is 7.33. The van der Waals surface area contributed by atoms with E-state index in [2.05, 4.69) is 205 Å². The molecule has 1 aromatic heterocycles. The maximum Gasteiger partial charge on any atom is 0.264 e. The lowest BCUT2D eigenvalue weighted by Gasteiger charge is -2.55. The predicted octanol–water partition coefficient (Wildman–Crippen LogP) is 17.3. The lowest BCUT2D eigenvalue weighted by atomic mass is 9.35. The van der Waals surface area contributed by atoms with E-state index in [1.165, 1.54) is 141 Å². The van der Waals surface area contributed by atoms with Gasteiger partial charge in [-0.15, -0.1) is 11.3 Å². The lowest BCUT2D eigenvalue weighted by molar-refractivity contribution is 0.0399. The van der Waals surface area contributed by atoms with Gasteiger partial charge >= 0.3 is 0 Å². The normalized spacial score (nSPS) is 27.4. The molecule has 4 atom stereocenters. The zero-order valence-corrected chi connectivity index (χ0v) is 48.4. The molecule has 378 valence electrons. The van der Waals surface area contributed by atoms with Crippen LogP contribution in [-0.2, 0) is 43.3 Å². The van der Waals surface area contributed by atoms with E-state index in [1.54, 1.807) is 33.4 Å². The Hall–Kier alpha value is -4.28. The van der Waals surface area contributed by atoms with Crippen LogP contribution < -0.4 is 25.5 Å². The molecule has 3 heterocycles. The number of rotatable bonds is 3. The van der Waals surface area contributed by atoms with E-state index in [0.717, 1.165) is 17.8 Å². The van der Waals surface area contributed by atoms with Gasteiger partial charge in [0.1, 0.15) is 0 Å². The van der Waals surface area contributed by atoms with Gasteiger partial charge in [-0.3, -0.25) is 0 Å². The fourth-order valence-corrected chi connectivity index (χ4v) is 18.8. The van der Waals surface area contributed by atoms with E-state index in [-0.39, 0.29) is 50.0 Å². The van der Waals surface area contributed by atoms with Crippen LogP contribution >= 0.6 is 11.3 Å².